The third-order valence-electron chi connectivity index (χ3n) is 6.61. The molecule has 2 heterocycles. The van der Waals surface area contributed by atoms with Crippen molar-refractivity contribution in [3.05, 3.63) is 120 Å². The minimum absolute atomic E-state index is 0.00479. The highest BCUT2D eigenvalue weighted by Gasteiger charge is 2.32. The van der Waals surface area contributed by atoms with E-state index in [1.165, 1.54) is 11.1 Å². The monoisotopic (exact) mass is 470 g/mol. The van der Waals surface area contributed by atoms with Crippen molar-refractivity contribution in [1.82, 2.24) is 9.97 Å². The lowest BCUT2D eigenvalue weighted by atomic mass is 9.98. The maximum atomic E-state index is 5.35. The van der Waals surface area contributed by atoms with E-state index in [2.05, 4.69) is 73.7 Å². The predicted octanol–water partition coefficient (Wildman–Crippen LogP) is 6.97. The van der Waals surface area contributed by atoms with Crippen LogP contribution in [-0.4, -0.2) is 22.8 Å². The number of hydrogen-bond donors (Lipinski definition) is 0. The highest BCUT2D eigenvalue weighted by molar-refractivity contribution is 6.03. The number of hydrazone groups is 1. The Kier molecular flexibility index (Phi) is 5.66. The van der Waals surface area contributed by atoms with Gasteiger partial charge in [-0.05, 0) is 54.4 Å². The van der Waals surface area contributed by atoms with Crippen molar-refractivity contribution in [3.8, 4) is 17.0 Å². The zero-order valence-electron chi connectivity index (χ0n) is 20.3. The van der Waals surface area contributed by atoms with E-state index < -0.39 is 0 Å². The van der Waals surface area contributed by atoms with Crippen molar-refractivity contribution in [1.29, 1.82) is 0 Å². The predicted molar refractivity (Wildman–Crippen MR) is 146 cm³/mol. The van der Waals surface area contributed by atoms with Gasteiger partial charge in [-0.25, -0.2) is 15.0 Å². The van der Waals surface area contributed by atoms with E-state index >= 15 is 0 Å². The van der Waals surface area contributed by atoms with Gasteiger partial charge in [-0.2, -0.15) is 5.10 Å². The van der Waals surface area contributed by atoms with Gasteiger partial charge in [-0.3, -0.25) is 0 Å². The van der Waals surface area contributed by atoms with E-state index in [0.717, 1.165) is 45.6 Å². The highest BCUT2D eigenvalue weighted by atomic mass is 16.5. The summed E-state index contributed by atoms with van der Waals surface area (Å²) in [5, 5.41) is 8.11. The average Bonchev–Trinajstić information content (AvgIpc) is 3.39. The number of fused-ring (bicyclic) bond motifs is 1. The first-order valence-corrected chi connectivity index (χ1v) is 12.1. The molecule has 1 atom stereocenters. The fourth-order valence-electron chi connectivity index (χ4n) is 4.74. The summed E-state index contributed by atoms with van der Waals surface area (Å²) in [6, 6.07) is 35.2. The normalized spacial score (nSPS) is 15.2. The van der Waals surface area contributed by atoms with Crippen LogP contribution in [0.2, 0.25) is 0 Å². The highest BCUT2D eigenvalue weighted by Crippen LogP contribution is 2.37. The molecule has 0 amide bonds. The summed E-state index contributed by atoms with van der Waals surface area (Å²) in [5.74, 6) is 1.43. The smallest absolute Gasteiger partial charge is 0.247 e. The van der Waals surface area contributed by atoms with E-state index in [4.69, 9.17) is 19.8 Å². The number of hydrogen-bond acceptors (Lipinski definition) is 5. The minimum Gasteiger partial charge on any atom is -0.497 e. The summed E-state index contributed by atoms with van der Waals surface area (Å²) < 4.78 is 5.35. The summed E-state index contributed by atoms with van der Waals surface area (Å²) >= 11 is 0. The van der Waals surface area contributed by atoms with Crippen LogP contribution in [-0.2, 0) is 0 Å². The first-order valence-electron chi connectivity index (χ1n) is 12.1. The van der Waals surface area contributed by atoms with Crippen LogP contribution in [0.25, 0.3) is 22.2 Å². The molecule has 176 valence electrons. The Balaban J connectivity index is 1.52. The number of anilines is 1. The summed E-state index contributed by atoms with van der Waals surface area (Å²) in [4.78, 5) is 10.1. The van der Waals surface area contributed by atoms with Gasteiger partial charge in [0.05, 0.1) is 30.1 Å². The fourth-order valence-corrected chi connectivity index (χ4v) is 4.74. The van der Waals surface area contributed by atoms with Crippen LogP contribution in [0.5, 0.6) is 5.75 Å². The molecule has 0 spiro atoms. The van der Waals surface area contributed by atoms with Gasteiger partial charge in [-0.15, -0.1) is 0 Å². The number of methoxy groups -OCH3 is 1. The first kappa shape index (κ1) is 22.0. The Hall–Kier alpha value is -4.51. The molecule has 1 unspecified atom stereocenters. The molecular formula is C31H26N4O. The standard InChI is InChI=1S/C31H26N4O/c1-21-13-18-27-26(19-21)30(24-11-7-4-8-12-24)33-31(32-27)35-29(23-9-5-3-6-10-23)20-28(34-35)22-14-16-25(36-2)17-15-22/h3-19,29H,20H2,1-2H3. The summed E-state index contributed by atoms with van der Waals surface area (Å²) in [7, 11) is 1.68. The molecule has 4 aromatic carbocycles. The molecule has 0 radical (unpaired) electrons. The molecule has 0 N–H and O–H groups in total. The van der Waals surface area contributed by atoms with Crippen LogP contribution < -0.4 is 9.75 Å². The fraction of sp³-hybridized carbons (Fsp3) is 0.129. The van der Waals surface area contributed by atoms with Crippen molar-refractivity contribution in [2.75, 3.05) is 12.1 Å². The van der Waals surface area contributed by atoms with Gasteiger partial charge in [0, 0.05) is 17.4 Å². The molecule has 6 rings (SSSR count). The molecule has 36 heavy (non-hydrogen) atoms. The Morgan fingerprint density at radius 1 is 0.778 bits per heavy atom. The van der Waals surface area contributed by atoms with Crippen molar-refractivity contribution in [2.45, 2.75) is 19.4 Å². The van der Waals surface area contributed by atoms with Crippen LogP contribution in [0.4, 0.5) is 5.95 Å². The van der Waals surface area contributed by atoms with Gasteiger partial charge in [0.1, 0.15) is 5.75 Å². The van der Waals surface area contributed by atoms with Gasteiger partial charge in [0.2, 0.25) is 5.95 Å². The van der Waals surface area contributed by atoms with Crippen molar-refractivity contribution >= 4 is 22.6 Å². The van der Waals surface area contributed by atoms with Gasteiger partial charge in [0.15, 0.2) is 0 Å². The minimum atomic E-state index is -0.00479. The molecule has 0 aliphatic carbocycles. The zero-order chi connectivity index (χ0) is 24.5. The van der Waals surface area contributed by atoms with Crippen molar-refractivity contribution < 1.29 is 4.74 Å². The van der Waals surface area contributed by atoms with E-state index in [1.807, 2.05) is 41.4 Å². The lowest BCUT2D eigenvalue weighted by Crippen LogP contribution is -2.21. The van der Waals surface area contributed by atoms with E-state index in [1.54, 1.807) is 7.11 Å². The molecule has 5 nitrogen and oxygen atoms in total. The maximum absolute atomic E-state index is 5.35. The van der Waals surface area contributed by atoms with Crippen LogP contribution in [0.15, 0.2) is 108 Å². The van der Waals surface area contributed by atoms with Crippen molar-refractivity contribution in [2.24, 2.45) is 5.10 Å². The molecule has 0 saturated heterocycles. The van der Waals surface area contributed by atoms with E-state index in [0.29, 0.717) is 5.95 Å². The third-order valence-corrected chi connectivity index (χ3v) is 6.61. The van der Waals surface area contributed by atoms with Gasteiger partial charge < -0.3 is 4.74 Å². The molecule has 0 fully saturated rings. The van der Waals surface area contributed by atoms with Gasteiger partial charge in [0.25, 0.3) is 0 Å². The van der Waals surface area contributed by atoms with Gasteiger partial charge >= 0.3 is 0 Å². The molecule has 5 aromatic rings. The molecule has 1 aliphatic rings. The number of benzene rings is 4. The molecule has 1 aromatic heterocycles. The number of rotatable bonds is 5. The third kappa shape index (κ3) is 4.09. The molecule has 0 saturated carbocycles. The average molecular weight is 471 g/mol. The Bertz CT molecular complexity index is 1550. The summed E-state index contributed by atoms with van der Waals surface area (Å²) in [6.45, 7) is 2.10. The number of ether oxygens (including phenoxy) is 1. The van der Waals surface area contributed by atoms with Crippen LogP contribution in [0.1, 0.15) is 29.2 Å². The van der Waals surface area contributed by atoms with E-state index in [9.17, 15) is 0 Å². The lowest BCUT2D eigenvalue weighted by molar-refractivity contribution is 0.415. The zero-order valence-corrected chi connectivity index (χ0v) is 20.3. The van der Waals surface area contributed by atoms with Crippen LogP contribution >= 0.6 is 0 Å². The Morgan fingerprint density at radius 3 is 2.22 bits per heavy atom. The number of aryl methyl sites for hydroxylation is 1. The number of aromatic nitrogens is 2. The first-order chi connectivity index (χ1) is 17.7. The van der Waals surface area contributed by atoms with Crippen LogP contribution in [0.3, 0.4) is 0 Å². The quantitative estimate of drug-likeness (QED) is 0.278. The van der Waals surface area contributed by atoms with Gasteiger partial charge in [-0.1, -0.05) is 72.3 Å². The maximum Gasteiger partial charge on any atom is 0.247 e. The molecular weight excluding hydrogens is 444 g/mol. The topological polar surface area (TPSA) is 50.6 Å². The SMILES string of the molecule is COc1ccc(C2=NN(c3nc(-c4ccccc4)c4cc(C)ccc4n3)C(c3ccccc3)C2)cc1. The second kappa shape index (κ2) is 9.27. The second-order valence-corrected chi connectivity index (χ2v) is 9.01. The lowest BCUT2D eigenvalue weighted by Gasteiger charge is -2.23. The second-order valence-electron chi connectivity index (χ2n) is 9.01. The van der Waals surface area contributed by atoms with Crippen LogP contribution in [0, 0.1) is 6.92 Å². The Labute approximate surface area is 210 Å². The van der Waals surface area contributed by atoms with Crippen molar-refractivity contribution in [3.63, 3.8) is 0 Å². The van der Waals surface area contributed by atoms with E-state index in [-0.39, 0.29) is 6.04 Å². The largest absolute Gasteiger partial charge is 0.497 e. The Morgan fingerprint density at radius 2 is 1.50 bits per heavy atom. The summed E-state index contributed by atoms with van der Waals surface area (Å²) in [5.41, 5.74) is 7.31. The number of nitrogens with zero attached hydrogens (tertiary/aromatic N) is 4. The summed E-state index contributed by atoms with van der Waals surface area (Å²) in [6.07, 6.45) is 0.756. The molecule has 5 heteroatoms. The molecule has 1 aliphatic heterocycles. The molecule has 0 bridgehead atoms.